The first-order valence-corrected chi connectivity index (χ1v) is 10.9. The summed E-state index contributed by atoms with van der Waals surface area (Å²) in [5, 5.41) is 31.5. The number of pyridine rings is 2. The zero-order valence-corrected chi connectivity index (χ0v) is 18.8. The fraction of sp³-hybridized carbons (Fsp3) is 0.348. The van der Waals surface area contributed by atoms with Crippen molar-refractivity contribution >= 4 is 23.4 Å². The number of nitrogens with zero attached hydrogens (tertiary/aromatic N) is 5. The molecule has 4 rings (SSSR count). The van der Waals surface area contributed by atoms with Gasteiger partial charge in [0.1, 0.15) is 6.07 Å². The molecule has 3 aromatic heterocycles. The Morgan fingerprint density at radius 1 is 1.29 bits per heavy atom. The second kappa shape index (κ2) is 9.74. The summed E-state index contributed by atoms with van der Waals surface area (Å²) in [5.41, 5.74) is 2.27. The highest BCUT2D eigenvalue weighted by molar-refractivity contribution is 5.67. The summed E-state index contributed by atoms with van der Waals surface area (Å²) in [6.45, 7) is 3.66. The lowest BCUT2D eigenvalue weighted by Gasteiger charge is -2.38. The molecule has 1 aliphatic rings. The Bertz CT molecular complexity index is 1230. The Labute approximate surface area is 195 Å². The van der Waals surface area contributed by atoms with Crippen molar-refractivity contribution in [1.82, 2.24) is 25.1 Å². The third kappa shape index (κ3) is 5.06. The van der Waals surface area contributed by atoms with Gasteiger partial charge in [-0.15, -0.1) is 0 Å². The number of halogens is 1. The molecule has 176 valence electrons. The van der Waals surface area contributed by atoms with Crippen molar-refractivity contribution in [3.63, 3.8) is 0 Å². The number of hydrogen-bond donors (Lipinski definition) is 4. The van der Waals surface area contributed by atoms with Crippen molar-refractivity contribution < 1.29 is 14.3 Å². The molecule has 34 heavy (non-hydrogen) atoms. The van der Waals surface area contributed by atoms with Gasteiger partial charge in [-0.3, -0.25) is 4.98 Å². The van der Waals surface area contributed by atoms with Crippen LogP contribution in [0.4, 0.5) is 26.5 Å². The van der Waals surface area contributed by atoms with Gasteiger partial charge in [-0.1, -0.05) is 6.42 Å². The maximum atomic E-state index is 14.9. The molecular formula is C23H25FN8O2. The van der Waals surface area contributed by atoms with Crippen LogP contribution in [-0.2, 0) is 0 Å². The van der Waals surface area contributed by atoms with Crippen molar-refractivity contribution in [2.45, 2.75) is 45.2 Å². The topological polar surface area (TPSA) is 141 Å². The summed E-state index contributed by atoms with van der Waals surface area (Å²) in [6, 6.07) is 4.05. The van der Waals surface area contributed by atoms with E-state index >= 15 is 0 Å². The number of aryl methyl sites for hydroxylation is 1. The van der Waals surface area contributed by atoms with E-state index in [0.717, 1.165) is 30.9 Å². The van der Waals surface area contributed by atoms with Gasteiger partial charge in [0, 0.05) is 12.2 Å². The lowest BCUT2D eigenvalue weighted by Crippen LogP contribution is -2.50. The first kappa shape index (κ1) is 23.0. The Balaban J connectivity index is 1.61. The van der Waals surface area contributed by atoms with Crippen LogP contribution in [0.3, 0.4) is 0 Å². The van der Waals surface area contributed by atoms with Gasteiger partial charge in [-0.2, -0.15) is 10.4 Å². The van der Waals surface area contributed by atoms with Crippen molar-refractivity contribution in [2.24, 2.45) is 5.92 Å². The van der Waals surface area contributed by atoms with Crippen LogP contribution in [0.25, 0.3) is 5.69 Å². The average molecular weight is 465 g/mol. The molecule has 3 aromatic rings. The second-order valence-corrected chi connectivity index (χ2v) is 8.45. The molecule has 0 radical (unpaired) electrons. The maximum absolute atomic E-state index is 14.9. The smallest absolute Gasteiger partial charge is 0.404 e. The van der Waals surface area contributed by atoms with Gasteiger partial charge in [-0.25, -0.2) is 18.9 Å². The summed E-state index contributed by atoms with van der Waals surface area (Å²) >= 11 is 0. The number of nitriles is 1. The molecule has 11 heteroatoms. The summed E-state index contributed by atoms with van der Waals surface area (Å²) in [4.78, 5) is 19.7. The van der Waals surface area contributed by atoms with E-state index in [0.29, 0.717) is 11.4 Å². The van der Waals surface area contributed by atoms with Crippen LogP contribution in [0.5, 0.6) is 0 Å². The van der Waals surface area contributed by atoms with Crippen molar-refractivity contribution in [1.29, 1.82) is 5.26 Å². The lowest BCUT2D eigenvalue weighted by molar-refractivity contribution is 0.180. The summed E-state index contributed by atoms with van der Waals surface area (Å²) in [6.07, 6.45) is 8.52. The van der Waals surface area contributed by atoms with Crippen LogP contribution in [0.1, 0.15) is 37.3 Å². The summed E-state index contributed by atoms with van der Waals surface area (Å²) < 4.78 is 16.5. The number of hydrogen-bond acceptors (Lipinski definition) is 7. The molecule has 0 spiro atoms. The molecular weight excluding hydrogens is 439 g/mol. The molecule has 0 aromatic carbocycles. The molecule has 2 atom stereocenters. The first-order valence-electron chi connectivity index (χ1n) is 10.9. The number of carbonyl (C=O) groups is 1. The van der Waals surface area contributed by atoms with E-state index in [9.17, 15) is 14.4 Å². The predicted molar refractivity (Wildman–Crippen MR) is 124 cm³/mol. The molecule has 1 amide bonds. The summed E-state index contributed by atoms with van der Waals surface area (Å²) in [7, 11) is 0. The number of aromatic nitrogens is 4. The van der Waals surface area contributed by atoms with E-state index in [-0.39, 0.29) is 29.2 Å². The molecule has 0 aliphatic heterocycles. The standard InChI is InChI=1S/C23H25FN8O2/c1-13-9-27-32(12-13)18-7-17(10-26-11-18)29-21-16(8-25)6-19(24)22(31-21)30-20(15-4-3-5-15)14(2)28-23(33)34/h6-7,9-12,14-15,20,28H,3-5H2,1-2H3,(H,33,34)(H2,29,30,31)/t14-,20-/m0/s1. The molecule has 4 N–H and O–H groups in total. The van der Waals surface area contributed by atoms with Gasteiger partial charge in [-0.05, 0) is 50.3 Å². The second-order valence-electron chi connectivity index (χ2n) is 8.45. The minimum absolute atomic E-state index is 0.0280. The number of anilines is 3. The van der Waals surface area contributed by atoms with Crippen molar-refractivity contribution in [3.05, 3.63) is 53.9 Å². The molecule has 3 heterocycles. The maximum Gasteiger partial charge on any atom is 0.404 e. The highest BCUT2D eigenvalue weighted by atomic mass is 19.1. The molecule has 0 unspecified atom stereocenters. The number of nitrogens with one attached hydrogen (secondary N) is 3. The van der Waals surface area contributed by atoms with Gasteiger partial charge < -0.3 is 21.1 Å². The van der Waals surface area contributed by atoms with Crippen LogP contribution in [-0.4, -0.2) is 43.0 Å². The Morgan fingerprint density at radius 2 is 2.09 bits per heavy atom. The Morgan fingerprint density at radius 3 is 2.71 bits per heavy atom. The highest BCUT2D eigenvalue weighted by Gasteiger charge is 2.33. The van der Waals surface area contributed by atoms with E-state index in [1.54, 1.807) is 36.3 Å². The highest BCUT2D eigenvalue weighted by Crippen LogP contribution is 2.33. The van der Waals surface area contributed by atoms with Crippen LogP contribution < -0.4 is 16.0 Å². The van der Waals surface area contributed by atoms with E-state index in [4.69, 9.17) is 5.11 Å². The van der Waals surface area contributed by atoms with Crippen LogP contribution in [0.2, 0.25) is 0 Å². The molecule has 1 saturated carbocycles. The van der Waals surface area contributed by atoms with Gasteiger partial charge in [0.25, 0.3) is 0 Å². The molecule has 0 saturated heterocycles. The van der Waals surface area contributed by atoms with Crippen molar-refractivity contribution in [3.8, 4) is 11.8 Å². The molecule has 0 bridgehead atoms. The SMILES string of the molecule is Cc1cnn(-c2cncc(Nc3nc(N[C@H](C4CCC4)[C@H](C)NC(=O)O)c(F)cc3C#N)c2)c1. The van der Waals surface area contributed by atoms with Crippen LogP contribution >= 0.6 is 0 Å². The molecule has 1 aliphatic carbocycles. The van der Waals surface area contributed by atoms with Crippen molar-refractivity contribution in [2.75, 3.05) is 10.6 Å². The van der Waals surface area contributed by atoms with E-state index in [2.05, 4.69) is 31.0 Å². The average Bonchev–Trinajstić information content (AvgIpc) is 3.20. The van der Waals surface area contributed by atoms with E-state index in [1.807, 2.05) is 19.2 Å². The predicted octanol–water partition coefficient (Wildman–Crippen LogP) is 3.96. The quantitative estimate of drug-likeness (QED) is 0.393. The van der Waals surface area contributed by atoms with Gasteiger partial charge in [0.05, 0.1) is 41.6 Å². The van der Waals surface area contributed by atoms with E-state index in [1.165, 1.54) is 0 Å². The zero-order chi connectivity index (χ0) is 24.2. The Kier molecular flexibility index (Phi) is 6.58. The largest absolute Gasteiger partial charge is 0.465 e. The first-order chi connectivity index (χ1) is 16.3. The van der Waals surface area contributed by atoms with Gasteiger partial charge in [0.2, 0.25) is 0 Å². The number of carboxylic acid groups (broad SMARTS) is 1. The third-order valence-electron chi connectivity index (χ3n) is 5.91. The normalized spacial score (nSPS) is 15.0. The summed E-state index contributed by atoms with van der Waals surface area (Å²) in [5.74, 6) is -0.390. The molecule has 1 fully saturated rings. The van der Waals surface area contributed by atoms with E-state index < -0.39 is 18.0 Å². The lowest BCUT2D eigenvalue weighted by atomic mass is 9.77. The van der Waals surface area contributed by atoms with Gasteiger partial charge in [0.15, 0.2) is 17.5 Å². The van der Waals surface area contributed by atoms with Gasteiger partial charge >= 0.3 is 6.09 Å². The third-order valence-corrected chi connectivity index (χ3v) is 5.91. The van der Waals surface area contributed by atoms with Crippen LogP contribution in [0.15, 0.2) is 36.9 Å². The van der Waals surface area contributed by atoms with Crippen LogP contribution in [0, 0.1) is 30.0 Å². The zero-order valence-electron chi connectivity index (χ0n) is 18.8. The fourth-order valence-electron chi connectivity index (χ4n) is 3.98. The monoisotopic (exact) mass is 464 g/mol. The number of amides is 1. The minimum atomic E-state index is -1.14. The molecule has 10 nitrogen and oxygen atoms in total. The minimum Gasteiger partial charge on any atom is -0.465 e. The number of rotatable bonds is 8. The Hall–Kier alpha value is -4.20. The fourth-order valence-corrected chi connectivity index (χ4v) is 3.98.